The molecule has 0 spiro atoms. The Morgan fingerprint density at radius 1 is 0.649 bits per heavy atom. The summed E-state index contributed by atoms with van der Waals surface area (Å²) in [7, 11) is 0. The van der Waals surface area contributed by atoms with Crippen molar-refractivity contribution in [3.63, 3.8) is 0 Å². The van der Waals surface area contributed by atoms with Gasteiger partial charge in [-0.1, -0.05) is 149 Å². The van der Waals surface area contributed by atoms with E-state index in [0.717, 1.165) is 5.92 Å². The molecule has 1 N–H and O–H groups in total. The summed E-state index contributed by atoms with van der Waals surface area (Å²) in [6, 6.07) is 5.37. The Hall–Kier alpha value is -1.49. The lowest BCUT2D eigenvalue weighted by atomic mass is 9.95. The predicted octanol–water partition coefficient (Wildman–Crippen LogP) is 10.9. The van der Waals surface area contributed by atoms with Crippen molar-refractivity contribution in [2.24, 2.45) is 5.92 Å². The minimum atomic E-state index is -1.04. The summed E-state index contributed by atoms with van der Waals surface area (Å²) in [5.41, 5.74) is 0.385. The summed E-state index contributed by atoms with van der Waals surface area (Å²) >= 11 is 3.33. The maximum atomic E-state index is 10.8. The van der Waals surface area contributed by atoms with Gasteiger partial charge in [-0.25, -0.2) is 9.59 Å². The van der Waals surface area contributed by atoms with Gasteiger partial charge >= 0.3 is 11.9 Å². The molecule has 0 saturated carbocycles. The third-order valence-corrected chi connectivity index (χ3v) is 7.22. The highest BCUT2D eigenvalue weighted by molar-refractivity contribution is 7.75. The van der Waals surface area contributed by atoms with Gasteiger partial charge < -0.3 is 9.29 Å². The topological polar surface area (TPSA) is 63.6 Å². The second kappa shape index (κ2) is 26.1. The minimum absolute atomic E-state index is 0.121. The Morgan fingerprint density at radius 2 is 0.973 bits per heavy atom. The van der Waals surface area contributed by atoms with E-state index < -0.39 is 11.9 Å². The molecule has 0 bridgehead atoms. The number of rotatable bonds is 22. The number of benzene rings is 1. The Balaban J connectivity index is 0.000000832. The summed E-state index contributed by atoms with van der Waals surface area (Å²) in [4.78, 5) is 21.3. The molecule has 0 fully saturated rings. The van der Waals surface area contributed by atoms with Crippen LogP contribution >= 0.6 is 12.9 Å². The van der Waals surface area contributed by atoms with Gasteiger partial charge in [0, 0.05) is 12.9 Å². The first kappa shape index (κ1) is 35.5. The van der Waals surface area contributed by atoms with E-state index >= 15 is 0 Å². The van der Waals surface area contributed by atoms with Crippen LogP contribution in [-0.2, 0) is 4.18 Å². The lowest BCUT2D eigenvalue weighted by Crippen LogP contribution is -2.00. The van der Waals surface area contributed by atoms with Gasteiger partial charge in [-0.2, -0.15) is 0 Å². The maximum Gasteiger partial charge on any atom is 0.349 e. The molecule has 1 rings (SSSR count). The van der Waals surface area contributed by atoms with Gasteiger partial charge in [0.05, 0.1) is 11.1 Å². The van der Waals surface area contributed by atoms with E-state index in [2.05, 4.69) is 37.9 Å². The van der Waals surface area contributed by atoms with Gasteiger partial charge in [0.1, 0.15) is 0 Å². The monoisotopic (exact) mass is 536 g/mol. The van der Waals surface area contributed by atoms with E-state index in [0.29, 0.717) is 0 Å². The Bertz CT molecular complexity index is 659. The number of hydrogen-bond acceptors (Lipinski definition) is 4. The molecule has 1 aromatic carbocycles. The number of carbonyl (C=O) groups is 2. The average Bonchev–Trinajstić information content (AvgIpc) is 2.91. The molecule has 1 aromatic rings. The largest absolute Gasteiger partial charge is 0.478 e. The summed E-state index contributed by atoms with van der Waals surface area (Å²) in [5.74, 6) is -0.676. The fourth-order valence-electron chi connectivity index (χ4n) is 4.55. The molecular weight excluding hydrogens is 480 g/mol. The quantitative estimate of drug-likeness (QED) is 0.0878. The molecule has 0 saturated heterocycles. The molecule has 0 aromatic heterocycles. The number of thiol groups is 1. The summed E-state index contributed by atoms with van der Waals surface area (Å²) in [5, 5.41) is 8.54. The van der Waals surface area contributed by atoms with Crippen LogP contribution in [0.4, 0.5) is 0 Å². The molecule has 0 amide bonds. The van der Waals surface area contributed by atoms with E-state index in [4.69, 9.17) is 5.11 Å². The molecule has 0 aliphatic rings. The zero-order valence-corrected chi connectivity index (χ0v) is 25.0. The molecule has 0 radical (unpaired) electrons. The van der Waals surface area contributed by atoms with Gasteiger partial charge in [0.2, 0.25) is 0 Å². The van der Waals surface area contributed by atoms with Crippen LogP contribution in [0.2, 0.25) is 0 Å². The van der Waals surface area contributed by atoms with E-state index in [1.807, 2.05) is 0 Å². The van der Waals surface area contributed by atoms with Crippen LogP contribution in [0.3, 0.4) is 0 Å². The number of aromatic carboxylic acids is 1. The van der Waals surface area contributed by atoms with Crippen LogP contribution in [0.25, 0.3) is 0 Å². The van der Waals surface area contributed by atoms with Gasteiger partial charge in [0.15, 0.2) is 0 Å². The van der Waals surface area contributed by atoms with Gasteiger partial charge in [0.25, 0.3) is 0 Å². The zero-order chi connectivity index (χ0) is 27.6. The van der Waals surface area contributed by atoms with Crippen molar-refractivity contribution in [3.05, 3.63) is 35.4 Å². The van der Waals surface area contributed by atoms with E-state index in [1.165, 1.54) is 153 Å². The molecule has 214 valence electrons. The highest BCUT2D eigenvalue weighted by atomic mass is 32.1. The summed E-state index contributed by atoms with van der Waals surface area (Å²) < 4.78 is 4.14. The van der Waals surface area contributed by atoms with Crippen molar-refractivity contribution >= 4 is 24.8 Å². The first-order valence-electron chi connectivity index (χ1n) is 15.1. The average molecular weight is 537 g/mol. The highest BCUT2D eigenvalue weighted by Gasteiger charge is 2.07. The predicted molar refractivity (Wildman–Crippen MR) is 161 cm³/mol. The van der Waals surface area contributed by atoms with E-state index in [1.54, 1.807) is 0 Å². The smallest absolute Gasteiger partial charge is 0.349 e. The third kappa shape index (κ3) is 22.2. The second-order valence-corrected chi connectivity index (χ2v) is 10.8. The second-order valence-electron chi connectivity index (χ2n) is 10.6. The van der Waals surface area contributed by atoms with Crippen LogP contribution in [0.15, 0.2) is 24.3 Å². The third-order valence-electron chi connectivity index (χ3n) is 7.05. The van der Waals surface area contributed by atoms with Crippen molar-refractivity contribution in [2.45, 2.75) is 149 Å². The van der Waals surface area contributed by atoms with Crippen LogP contribution in [0.5, 0.6) is 0 Å². The van der Waals surface area contributed by atoms with Crippen molar-refractivity contribution < 1.29 is 18.9 Å². The molecule has 5 heteroatoms. The van der Waals surface area contributed by atoms with E-state index in [9.17, 15) is 9.59 Å². The Kier molecular flexibility index (Phi) is 25.1. The normalized spacial score (nSPS) is 11.5. The number of unbranched alkanes of at least 4 members (excludes halogenated alkanes) is 16. The fourth-order valence-corrected chi connectivity index (χ4v) is 4.66. The van der Waals surface area contributed by atoms with Crippen LogP contribution in [0, 0.1) is 5.92 Å². The van der Waals surface area contributed by atoms with Crippen molar-refractivity contribution in [1.29, 1.82) is 0 Å². The molecule has 0 aliphatic carbocycles. The SMILES string of the molecule is CCCCCCCCCCCCC(C)CCCCCCCCCC.O=C(O)c1ccc(C(=O)OS)cc1. The minimum Gasteiger partial charge on any atom is -0.478 e. The summed E-state index contributed by atoms with van der Waals surface area (Å²) in [6.45, 7) is 7.08. The maximum absolute atomic E-state index is 10.8. The van der Waals surface area contributed by atoms with Gasteiger partial charge in [-0.3, -0.25) is 0 Å². The molecule has 0 aliphatic heterocycles. The number of carboxylic acids is 1. The Morgan fingerprint density at radius 3 is 1.30 bits per heavy atom. The fraction of sp³-hybridized carbons (Fsp3) is 0.750. The lowest BCUT2D eigenvalue weighted by molar-refractivity contribution is 0.0694. The summed E-state index contributed by atoms with van der Waals surface area (Å²) in [6.07, 6.45) is 29.3. The van der Waals surface area contributed by atoms with Crippen molar-refractivity contribution in [1.82, 2.24) is 0 Å². The van der Waals surface area contributed by atoms with Crippen LogP contribution in [-0.4, -0.2) is 17.0 Å². The van der Waals surface area contributed by atoms with Gasteiger partial charge in [-0.15, -0.1) is 0 Å². The van der Waals surface area contributed by atoms with Crippen molar-refractivity contribution in [2.75, 3.05) is 0 Å². The zero-order valence-electron chi connectivity index (χ0n) is 24.1. The first-order valence-corrected chi connectivity index (χ1v) is 15.5. The Labute approximate surface area is 234 Å². The molecule has 1 unspecified atom stereocenters. The molecule has 37 heavy (non-hydrogen) atoms. The lowest BCUT2D eigenvalue weighted by Gasteiger charge is -2.11. The number of carbonyl (C=O) groups excluding carboxylic acids is 1. The molecule has 4 nitrogen and oxygen atoms in total. The van der Waals surface area contributed by atoms with Crippen LogP contribution < -0.4 is 0 Å². The number of carboxylic acid groups (broad SMARTS) is 1. The first-order chi connectivity index (χ1) is 18.0. The van der Waals surface area contributed by atoms with Gasteiger partial charge in [-0.05, 0) is 30.2 Å². The van der Waals surface area contributed by atoms with Crippen LogP contribution in [0.1, 0.15) is 170 Å². The molecule has 0 heterocycles. The molecule has 1 atom stereocenters. The number of hydrogen-bond donors (Lipinski definition) is 2. The highest BCUT2D eigenvalue weighted by Crippen LogP contribution is 2.19. The van der Waals surface area contributed by atoms with E-state index in [-0.39, 0.29) is 11.1 Å². The standard InChI is InChI=1S/C24H50.C8H6O4S/c1-4-6-8-10-12-14-15-17-19-21-23-24(3)22-20-18-16-13-11-9-7-5-2;9-7(10)5-1-3-6(4-2-5)8(11)12-13/h24H,4-23H2,1-3H3;1-4,13H,(H,9,10). The van der Waals surface area contributed by atoms with Crippen molar-refractivity contribution in [3.8, 4) is 0 Å². The molecular formula is C32H56O4S.